The van der Waals surface area contributed by atoms with Crippen LogP contribution in [0.5, 0.6) is 11.6 Å². The molecule has 4 rings (SSSR count). The lowest BCUT2D eigenvalue weighted by molar-refractivity contribution is 0.201. The quantitative estimate of drug-likeness (QED) is 0.329. The summed E-state index contributed by atoms with van der Waals surface area (Å²) in [5, 5.41) is 6.76. The molecule has 7 heteroatoms. The van der Waals surface area contributed by atoms with Crippen molar-refractivity contribution in [2.45, 2.75) is 51.2 Å². The lowest BCUT2D eigenvalue weighted by Gasteiger charge is -2.14. The SMILES string of the molecule is CN=C(NCCc1ccc2c(c1)CCO2)NCc1ccnc(OC2CCCC2)c1.I. The van der Waals surface area contributed by atoms with E-state index in [4.69, 9.17) is 9.47 Å². The van der Waals surface area contributed by atoms with Gasteiger partial charge in [0.05, 0.1) is 6.61 Å². The van der Waals surface area contributed by atoms with Gasteiger partial charge in [0.25, 0.3) is 0 Å². The van der Waals surface area contributed by atoms with E-state index in [2.05, 4.69) is 38.8 Å². The highest BCUT2D eigenvalue weighted by Crippen LogP contribution is 2.26. The Morgan fingerprint density at radius 2 is 2.03 bits per heavy atom. The minimum atomic E-state index is 0. The van der Waals surface area contributed by atoms with Crippen LogP contribution in [0.4, 0.5) is 0 Å². The van der Waals surface area contributed by atoms with Crippen molar-refractivity contribution >= 4 is 29.9 Å². The second-order valence-electron chi connectivity index (χ2n) is 7.67. The zero-order valence-electron chi connectivity index (χ0n) is 17.5. The molecule has 2 aliphatic rings. The maximum atomic E-state index is 6.00. The minimum absolute atomic E-state index is 0. The van der Waals surface area contributed by atoms with Crippen LogP contribution < -0.4 is 20.1 Å². The smallest absolute Gasteiger partial charge is 0.213 e. The van der Waals surface area contributed by atoms with Crippen LogP contribution in [-0.2, 0) is 19.4 Å². The molecular weight excluding hydrogens is 491 g/mol. The fraction of sp³-hybridized carbons (Fsp3) is 0.478. The van der Waals surface area contributed by atoms with Crippen molar-refractivity contribution in [1.29, 1.82) is 0 Å². The highest BCUT2D eigenvalue weighted by molar-refractivity contribution is 14.0. The minimum Gasteiger partial charge on any atom is -0.493 e. The van der Waals surface area contributed by atoms with Gasteiger partial charge in [0, 0.05) is 38.8 Å². The van der Waals surface area contributed by atoms with Gasteiger partial charge in [0.2, 0.25) is 5.88 Å². The van der Waals surface area contributed by atoms with Gasteiger partial charge in [0.1, 0.15) is 11.9 Å². The average molecular weight is 522 g/mol. The van der Waals surface area contributed by atoms with Crippen LogP contribution >= 0.6 is 24.0 Å². The summed E-state index contributed by atoms with van der Waals surface area (Å²) < 4.78 is 11.6. The molecule has 30 heavy (non-hydrogen) atoms. The van der Waals surface area contributed by atoms with Gasteiger partial charge >= 0.3 is 0 Å². The number of nitrogens with one attached hydrogen (secondary N) is 2. The first kappa shape index (κ1) is 22.7. The van der Waals surface area contributed by atoms with E-state index in [9.17, 15) is 0 Å². The summed E-state index contributed by atoms with van der Waals surface area (Å²) in [6.07, 6.45) is 8.89. The summed E-state index contributed by atoms with van der Waals surface area (Å²) in [5.74, 6) is 2.55. The van der Waals surface area contributed by atoms with E-state index in [-0.39, 0.29) is 24.0 Å². The van der Waals surface area contributed by atoms with Crippen LogP contribution in [0, 0.1) is 0 Å². The molecule has 0 bridgehead atoms. The standard InChI is InChI=1S/C23H30N4O2.HI/c1-24-23(26-12-8-17-6-7-21-19(14-17)10-13-28-21)27-16-18-9-11-25-22(15-18)29-20-4-2-3-5-20;/h6-7,9,11,14-15,20H,2-5,8,10,12-13,16H2,1H3,(H2,24,26,27);1H. The molecule has 162 valence electrons. The zero-order valence-corrected chi connectivity index (χ0v) is 19.9. The molecule has 2 heterocycles. The van der Waals surface area contributed by atoms with E-state index in [0.717, 1.165) is 62.0 Å². The summed E-state index contributed by atoms with van der Waals surface area (Å²) in [6, 6.07) is 10.5. The molecule has 0 saturated heterocycles. The Balaban J connectivity index is 0.00000256. The van der Waals surface area contributed by atoms with Crippen molar-refractivity contribution in [3.8, 4) is 11.6 Å². The van der Waals surface area contributed by atoms with Crippen LogP contribution in [0.25, 0.3) is 0 Å². The van der Waals surface area contributed by atoms with E-state index in [1.54, 1.807) is 7.05 Å². The van der Waals surface area contributed by atoms with Crippen molar-refractivity contribution < 1.29 is 9.47 Å². The van der Waals surface area contributed by atoms with Crippen molar-refractivity contribution in [1.82, 2.24) is 15.6 Å². The number of nitrogens with zero attached hydrogens (tertiary/aromatic N) is 2. The van der Waals surface area contributed by atoms with Crippen LogP contribution in [0.1, 0.15) is 42.4 Å². The maximum absolute atomic E-state index is 6.00. The number of fused-ring (bicyclic) bond motifs is 1. The fourth-order valence-corrected chi connectivity index (χ4v) is 3.93. The molecule has 1 aliphatic heterocycles. The summed E-state index contributed by atoms with van der Waals surface area (Å²) in [5.41, 5.74) is 3.77. The number of guanidine groups is 1. The Morgan fingerprint density at radius 3 is 2.87 bits per heavy atom. The Bertz CT molecular complexity index is 853. The van der Waals surface area contributed by atoms with Gasteiger partial charge in [-0.1, -0.05) is 12.1 Å². The molecule has 2 N–H and O–H groups in total. The molecule has 1 saturated carbocycles. The zero-order chi connectivity index (χ0) is 19.9. The summed E-state index contributed by atoms with van der Waals surface area (Å²) >= 11 is 0. The van der Waals surface area contributed by atoms with Crippen LogP contribution in [0.15, 0.2) is 41.5 Å². The predicted octanol–water partition coefficient (Wildman–Crippen LogP) is 3.86. The molecule has 1 aliphatic carbocycles. The first-order valence-electron chi connectivity index (χ1n) is 10.6. The van der Waals surface area contributed by atoms with Crippen molar-refractivity contribution in [2.24, 2.45) is 4.99 Å². The number of benzene rings is 1. The number of aromatic nitrogens is 1. The van der Waals surface area contributed by atoms with Gasteiger partial charge in [-0.05, 0) is 60.9 Å². The van der Waals surface area contributed by atoms with Gasteiger partial charge < -0.3 is 20.1 Å². The molecule has 1 aromatic heterocycles. The van der Waals surface area contributed by atoms with Gasteiger partial charge in [-0.2, -0.15) is 0 Å². The number of aliphatic imine (C=N–C) groups is 1. The first-order chi connectivity index (χ1) is 14.3. The molecule has 0 amide bonds. The molecule has 2 aromatic rings. The van der Waals surface area contributed by atoms with Crippen molar-refractivity contribution in [2.75, 3.05) is 20.2 Å². The third-order valence-electron chi connectivity index (χ3n) is 5.53. The first-order valence-corrected chi connectivity index (χ1v) is 10.6. The molecule has 0 radical (unpaired) electrons. The molecule has 0 unspecified atom stereocenters. The Morgan fingerprint density at radius 1 is 1.17 bits per heavy atom. The molecule has 0 atom stereocenters. The number of hydrogen-bond donors (Lipinski definition) is 2. The van der Waals surface area contributed by atoms with E-state index >= 15 is 0 Å². The lowest BCUT2D eigenvalue weighted by atomic mass is 10.1. The largest absolute Gasteiger partial charge is 0.493 e. The van der Waals surface area contributed by atoms with Crippen LogP contribution in [-0.4, -0.2) is 37.2 Å². The highest BCUT2D eigenvalue weighted by atomic mass is 127. The van der Waals surface area contributed by atoms with E-state index in [0.29, 0.717) is 12.6 Å². The van der Waals surface area contributed by atoms with Gasteiger partial charge in [-0.3, -0.25) is 4.99 Å². The lowest BCUT2D eigenvalue weighted by Crippen LogP contribution is -2.37. The second-order valence-corrected chi connectivity index (χ2v) is 7.67. The van der Waals surface area contributed by atoms with E-state index in [1.807, 2.05) is 18.3 Å². The normalized spacial score (nSPS) is 15.8. The summed E-state index contributed by atoms with van der Waals surface area (Å²) in [6.45, 7) is 2.31. The summed E-state index contributed by atoms with van der Waals surface area (Å²) in [4.78, 5) is 8.68. The highest BCUT2D eigenvalue weighted by Gasteiger charge is 2.17. The number of pyridine rings is 1. The Kier molecular flexibility index (Phi) is 8.60. The van der Waals surface area contributed by atoms with Crippen LogP contribution in [0.3, 0.4) is 0 Å². The van der Waals surface area contributed by atoms with Gasteiger partial charge in [0.15, 0.2) is 5.96 Å². The summed E-state index contributed by atoms with van der Waals surface area (Å²) in [7, 11) is 1.79. The molecular formula is C23H31IN4O2. The molecule has 1 aromatic carbocycles. The number of ether oxygens (including phenoxy) is 2. The Hall–Kier alpha value is -2.03. The van der Waals surface area contributed by atoms with E-state index in [1.165, 1.54) is 24.0 Å². The fourth-order valence-electron chi connectivity index (χ4n) is 3.93. The number of hydrogen-bond acceptors (Lipinski definition) is 4. The van der Waals surface area contributed by atoms with Crippen LogP contribution in [0.2, 0.25) is 0 Å². The topological polar surface area (TPSA) is 67.8 Å². The average Bonchev–Trinajstić information content (AvgIpc) is 3.42. The van der Waals surface area contributed by atoms with Crippen molar-refractivity contribution in [3.63, 3.8) is 0 Å². The molecule has 6 nitrogen and oxygen atoms in total. The third kappa shape index (κ3) is 6.23. The number of halogens is 1. The van der Waals surface area contributed by atoms with Gasteiger partial charge in [-0.15, -0.1) is 24.0 Å². The third-order valence-corrected chi connectivity index (χ3v) is 5.53. The second kappa shape index (κ2) is 11.4. The van der Waals surface area contributed by atoms with Gasteiger partial charge in [-0.25, -0.2) is 4.98 Å². The predicted molar refractivity (Wildman–Crippen MR) is 130 cm³/mol. The van der Waals surface area contributed by atoms with E-state index < -0.39 is 0 Å². The maximum Gasteiger partial charge on any atom is 0.213 e. The van der Waals surface area contributed by atoms with Crippen molar-refractivity contribution in [3.05, 3.63) is 53.2 Å². The Labute approximate surface area is 195 Å². The number of rotatable bonds is 7. The monoisotopic (exact) mass is 522 g/mol. The molecule has 1 fully saturated rings. The molecule has 0 spiro atoms.